The monoisotopic (exact) mass is 269 g/mol. The summed E-state index contributed by atoms with van der Waals surface area (Å²) in [5, 5.41) is 6.36. The molecule has 1 unspecified atom stereocenters. The van der Waals surface area contributed by atoms with Crippen molar-refractivity contribution < 1.29 is 0 Å². The van der Waals surface area contributed by atoms with Gasteiger partial charge in [0, 0.05) is 5.54 Å². The minimum Gasteiger partial charge on any atom is -0.312 e. The molecule has 0 saturated carbocycles. The molecule has 0 aliphatic rings. The van der Waals surface area contributed by atoms with Crippen LogP contribution in [0.15, 0.2) is 42.5 Å². The predicted molar refractivity (Wildman–Crippen MR) is 89.2 cm³/mol. The van der Waals surface area contributed by atoms with E-state index in [-0.39, 0.29) is 5.54 Å². The molecular formula is C19H27N. The van der Waals surface area contributed by atoms with Crippen LogP contribution in [0.3, 0.4) is 0 Å². The van der Waals surface area contributed by atoms with Crippen molar-refractivity contribution in [3.05, 3.63) is 48.0 Å². The van der Waals surface area contributed by atoms with Gasteiger partial charge in [-0.25, -0.2) is 0 Å². The van der Waals surface area contributed by atoms with Gasteiger partial charge in [-0.05, 0) is 62.4 Å². The standard InChI is InChI=1S/C19H27N/c1-15(14-20-19(2,3)4)12-13-17-10-7-9-16-8-5-6-11-18(16)17/h5-11,15,20H,12-14H2,1-4H3. The first-order valence-corrected chi connectivity index (χ1v) is 7.67. The molecule has 20 heavy (non-hydrogen) atoms. The molecule has 0 amide bonds. The molecule has 0 aliphatic carbocycles. The Labute approximate surface area is 123 Å². The van der Waals surface area contributed by atoms with Gasteiger partial charge in [0.25, 0.3) is 0 Å². The van der Waals surface area contributed by atoms with E-state index < -0.39 is 0 Å². The van der Waals surface area contributed by atoms with Crippen LogP contribution in [-0.4, -0.2) is 12.1 Å². The SMILES string of the molecule is CC(CCc1cccc2ccccc12)CNC(C)(C)C. The summed E-state index contributed by atoms with van der Waals surface area (Å²) in [6, 6.07) is 15.3. The lowest BCUT2D eigenvalue weighted by atomic mass is 9.96. The lowest BCUT2D eigenvalue weighted by molar-refractivity contribution is 0.373. The molecule has 0 radical (unpaired) electrons. The molecule has 2 rings (SSSR count). The summed E-state index contributed by atoms with van der Waals surface area (Å²) >= 11 is 0. The van der Waals surface area contributed by atoms with Crippen LogP contribution < -0.4 is 5.32 Å². The van der Waals surface area contributed by atoms with Gasteiger partial charge < -0.3 is 5.32 Å². The van der Waals surface area contributed by atoms with Crippen molar-refractivity contribution in [3.63, 3.8) is 0 Å². The van der Waals surface area contributed by atoms with Crippen LogP contribution in [0.5, 0.6) is 0 Å². The van der Waals surface area contributed by atoms with Gasteiger partial charge in [0.2, 0.25) is 0 Å². The number of rotatable bonds is 5. The quantitative estimate of drug-likeness (QED) is 0.822. The van der Waals surface area contributed by atoms with Gasteiger partial charge in [0.05, 0.1) is 0 Å². The first kappa shape index (κ1) is 15.1. The van der Waals surface area contributed by atoms with E-state index in [1.165, 1.54) is 22.8 Å². The minimum atomic E-state index is 0.216. The number of aryl methyl sites for hydroxylation is 1. The van der Waals surface area contributed by atoms with Crippen LogP contribution in [0.25, 0.3) is 10.8 Å². The second kappa shape index (κ2) is 6.41. The van der Waals surface area contributed by atoms with Crippen LogP contribution in [-0.2, 0) is 6.42 Å². The molecule has 0 spiro atoms. The van der Waals surface area contributed by atoms with Gasteiger partial charge >= 0.3 is 0 Å². The van der Waals surface area contributed by atoms with E-state index in [0.29, 0.717) is 5.92 Å². The average molecular weight is 269 g/mol. The summed E-state index contributed by atoms with van der Waals surface area (Å²) in [4.78, 5) is 0. The largest absolute Gasteiger partial charge is 0.312 e. The summed E-state index contributed by atoms with van der Waals surface area (Å²) in [5.74, 6) is 0.702. The number of fused-ring (bicyclic) bond motifs is 1. The van der Waals surface area contributed by atoms with Crippen LogP contribution in [0, 0.1) is 5.92 Å². The van der Waals surface area contributed by atoms with Crippen molar-refractivity contribution in [1.82, 2.24) is 5.32 Å². The predicted octanol–water partition coefficient (Wildman–Crippen LogP) is 4.80. The molecule has 108 valence electrons. The minimum absolute atomic E-state index is 0.216. The van der Waals surface area contributed by atoms with Gasteiger partial charge in [-0.15, -0.1) is 0 Å². The Balaban J connectivity index is 1.96. The fourth-order valence-corrected chi connectivity index (χ4v) is 2.49. The molecule has 0 heterocycles. The molecule has 0 aromatic heterocycles. The maximum Gasteiger partial charge on any atom is 0.00966 e. The first-order chi connectivity index (χ1) is 9.46. The lowest BCUT2D eigenvalue weighted by Gasteiger charge is -2.23. The van der Waals surface area contributed by atoms with Crippen molar-refractivity contribution in [3.8, 4) is 0 Å². The third kappa shape index (κ3) is 4.35. The third-order valence-electron chi connectivity index (χ3n) is 3.77. The van der Waals surface area contributed by atoms with E-state index in [4.69, 9.17) is 0 Å². The Morgan fingerprint density at radius 1 is 1.00 bits per heavy atom. The van der Waals surface area contributed by atoms with Crippen molar-refractivity contribution >= 4 is 10.8 Å². The molecule has 1 N–H and O–H groups in total. The Morgan fingerprint density at radius 2 is 1.70 bits per heavy atom. The van der Waals surface area contributed by atoms with Crippen LogP contribution in [0.4, 0.5) is 0 Å². The zero-order chi connectivity index (χ0) is 14.6. The number of hydrogen-bond donors (Lipinski definition) is 1. The molecular weight excluding hydrogens is 242 g/mol. The number of hydrogen-bond acceptors (Lipinski definition) is 1. The van der Waals surface area contributed by atoms with E-state index in [0.717, 1.165) is 13.0 Å². The average Bonchev–Trinajstić information content (AvgIpc) is 2.42. The third-order valence-corrected chi connectivity index (χ3v) is 3.77. The topological polar surface area (TPSA) is 12.0 Å². The Bertz CT molecular complexity index is 546. The molecule has 1 nitrogen and oxygen atoms in total. The van der Waals surface area contributed by atoms with Crippen LogP contribution >= 0.6 is 0 Å². The summed E-state index contributed by atoms with van der Waals surface area (Å²) in [7, 11) is 0. The van der Waals surface area contributed by atoms with Gasteiger partial charge in [0.1, 0.15) is 0 Å². The fourth-order valence-electron chi connectivity index (χ4n) is 2.49. The molecule has 0 saturated heterocycles. The van der Waals surface area contributed by atoms with Crippen LogP contribution in [0.1, 0.15) is 39.7 Å². The lowest BCUT2D eigenvalue weighted by Crippen LogP contribution is -2.38. The van der Waals surface area contributed by atoms with Crippen molar-refractivity contribution in [2.45, 2.75) is 46.1 Å². The van der Waals surface area contributed by atoms with Gasteiger partial charge in [0.15, 0.2) is 0 Å². The van der Waals surface area contributed by atoms with Gasteiger partial charge in [-0.2, -0.15) is 0 Å². The highest BCUT2D eigenvalue weighted by atomic mass is 14.9. The summed E-state index contributed by atoms with van der Waals surface area (Å²) < 4.78 is 0. The summed E-state index contributed by atoms with van der Waals surface area (Å²) in [6.45, 7) is 10.1. The molecule has 0 bridgehead atoms. The van der Waals surface area contributed by atoms with E-state index in [1.807, 2.05) is 0 Å². The number of benzene rings is 2. The molecule has 2 aromatic rings. The van der Waals surface area contributed by atoms with Crippen molar-refractivity contribution in [2.75, 3.05) is 6.54 Å². The first-order valence-electron chi connectivity index (χ1n) is 7.67. The summed E-state index contributed by atoms with van der Waals surface area (Å²) in [6.07, 6.45) is 2.39. The second-order valence-corrected chi connectivity index (χ2v) is 6.91. The normalized spacial score (nSPS) is 13.6. The zero-order valence-electron chi connectivity index (χ0n) is 13.2. The Kier molecular flexibility index (Phi) is 4.82. The van der Waals surface area contributed by atoms with E-state index in [2.05, 4.69) is 75.5 Å². The highest BCUT2D eigenvalue weighted by molar-refractivity contribution is 5.85. The Hall–Kier alpha value is -1.34. The van der Waals surface area contributed by atoms with Gasteiger partial charge in [-0.1, -0.05) is 49.4 Å². The van der Waals surface area contributed by atoms with Crippen molar-refractivity contribution in [2.24, 2.45) is 5.92 Å². The zero-order valence-corrected chi connectivity index (χ0v) is 13.2. The van der Waals surface area contributed by atoms with Crippen molar-refractivity contribution in [1.29, 1.82) is 0 Å². The molecule has 2 aromatic carbocycles. The fraction of sp³-hybridized carbons (Fsp3) is 0.474. The highest BCUT2D eigenvalue weighted by Crippen LogP contribution is 2.21. The Morgan fingerprint density at radius 3 is 2.45 bits per heavy atom. The molecule has 1 heteroatoms. The molecule has 0 aliphatic heterocycles. The number of nitrogens with one attached hydrogen (secondary N) is 1. The van der Waals surface area contributed by atoms with Gasteiger partial charge in [-0.3, -0.25) is 0 Å². The van der Waals surface area contributed by atoms with E-state index >= 15 is 0 Å². The second-order valence-electron chi connectivity index (χ2n) is 6.91. The smallest absolute Gasteiger partial charge is 0.00966 e. The van der Waals surface area contributed by atoms with Crippen LogP contribution in [0.2, 0.25) is 0 Å². The van der Waals surface area contributed by atoms with E-state index in [9.17, 15) is 0 Å². The molecule has 0 fully saturated rings. The maximum atomic E-state index is 3.60. The van der Waals surface area contributed by atoms with E-state index in [1.54, 1.807) is 0 Å². The highest BCUT2D eigenvalue weighted by Gasteiger charge is 2.11. The molecule has 1 atom stereocenters. The maximum absolute atomic E-state index is 3.60. The summed E-state index contributed by atoms with van der Waals surface area (Å²) in [5.41, 5.74) is 1.69.